The van der Waals surface area contributed by atoms with Gasteiger partial charge in [0.2, 0.25) is 0 Å². The van der Waals surface area contributed by atoms with Crippen LogP contribution >= 0.6 is 27.5 Å². The van der Waals surface area contributed by atoms with E-state index in [0.717, 1.165) is 21.1 Å². The molecule has 3 aromatic rings. The number of hydrogen-bond acceptors (Lipinski definition) is 1. The number of anilines is 1. The summed E-state index contributed by atoms with van der Waals surface area (Å²) in [5.41, 5.74) is 1.97. The van der Waals surface area contributed by atoms with Gasteiger partial charge in [0.25, 0.3) is 5.91 Å². The van der Waals surface area contributed by atoms with Crippen LogP contribution in [0.3, 0.4) is 0 Å². The lowest BCUT2D eigenvalue weighted by atomic mass is 10.2. The van der Waals surface area contributed by atoms with E-state index in [2.05, 4.69) is 26.2 Å². The largest absolute Gasteiger partial charge is 0.349 e. The molecular weight excluding hydrogens is 340 g/mol. The summed E-state index contributed by atoms with van der Waals surface area (Å²) >= 11 is 9.49. The van der Waals surface area contributed by atoms with Gasteiger partial charge in [-0.3, -0.25) is 4.79 Å². The number of rotatable bonds is 2. The fourth-order valence-corrected chi connectivity index (χ4v) is 2.61. The number of amides is 1. The predicted octanol–water partition coefficient (Wildman–Crippen LogP) is 4.84. The monoisotopic (exact) mass is 348 g/mol. The van der Waals surface area contributed by atoms with Crippen molar-refractivity contribution in [2.75, 3.05) is 5.32 Å². The molecule has 0 spiro atoms. The summed E-state index contributed by atoms with van der Waals surface area (Å²) in [6, 6.07) is 14.8. The summed E-state index contributed by atoms with van der Waals surface area (Å²) in [4.78, 5) is 15.3. The van der Waals surface area contributed by atoms with Crippen molar-refractivity contribution in [3.05, 3.63) is 63.7 Å². The Morgan fingerprint density at radius 1 is 1.15 bits per heavy atom. The first kappa shape index (κ1) is 13.2. The van der Waals surface area contributed by atoms with Crippen LogP contribution in [0.2, 0.25) is 5.02 Å². The van der Waals surface area contributed by atoms with Gasteiger partial charge in [-0.05, 0) is 40.2 Å². The van der Waals surface area contributed by atoms with Gasteiger partial charge in [0.15, 0.2) is 0 Å². The first-order chi connectivity index (χ1) is 9.65. The van der Waals surface area contributed by atoms with Crippen LogP contribution in [0.4, 0.5) is 5.69 Å². The average molecular weight is 350 g/mol. The van der Waals surface area contributed by atoms with Crippen molar-refractivity contribution in [3.8, 4) is 0 Å². The van der Waals surface area contributed by atoms with Crippen LogP contribution in [0, 0.1) is 0 Å². The molecule has 0 bridgehead atoms. The van der Waals surface area contributed by atoms with E-state index in [1.165, 1.54) is 0 Å². The molecule has 100 valence electrons. The summed E-state index contributed by atoms with van der Waals surface area (Å²) in [5, 5.41) is 4.36. The molecule has 5 heteroatoms. The van der Waals surface area contributed by atoms with Gasteiger partial charge in [0, 0.05) is 9.86 Å². The lowest BCUT2D eigenvalue weighted by Gasteiger charge is -2.05. The van der Waals surface area contributed by atoms with Gasteiger partial charge in [0.1, 0.15) is 5.69 Å². The van der Waals surface area contributed by atoms with Gasteiger partial charge in [-0.2, -0.15) is 0 Å². The second kappa shape index (κ2) is 5.31. The number of aromatic amines is 1. The van der Waals surface area contributed by atoms with Gasteiger partial charge in [-0.1, -0.05) is 35.9 Å². The number of hydrogen-bond donors (Lipinski definition) is 2. The first-order valence-electron chi connectivity index (χ1n) is 5.98. The van der Waals surface area contributed by atoms with Gasteiger partial charge < -0.3 is 10.3 Å². The zero-order valence-electron chi connectivity index (χ0n) is 10.3. The van der Waals surface area contributed by atoms with Gasteiger partial charge in [-0.25, -0.2) is 0 Å². The number of aromatic nitrogens is 1. The standard InChI is InChI=1S/C15H10BrClN2O/c16-10-5-1-2-7-12(10)19-15(20)13-8-9-4-3-6-11(17)14(9)18-13/h1-8,18H,(H,19,20). The van der Waals surface area contributed by atoms with E-state index in [4.69, 9.17) is 11.6 Å². The highest BCUT2D eigenvalue weighted by Crippen LogP contribution is 2.25. The summed E-state index contributed by atoms with van der Waals surface area (Å²) in [6.07, 6.45) is 0. The molecule has 0 radical (unpaired) electrons. The Balaban J connectivity index is 1.93. The van der Waals surface area contributed by atoms with Crippen LogP contribution in [-0.4, -0.2) is 10.9 Å². The Kier molecular flexibility index (Phi) is 3.51. The number of carbonyl (C=O) groups excluding carboxylic acids is 1. The van der Waals surface area contributed by atoms with Gasteiger partial charge >= 0.3 is 0 Å². The molecule has 2 aromatic carbocycles. The van der Waals surface area contributed by atoms with Gasteiger partial charge in [-0.15, -0.1) is 0 Å². The van der Waals surface area contributed by atoms with E-state index in [1.54, 1.807) is 12.1 Å². The third kappa shape index (κ3) is 2.44. The molecule has 0 atom stereocenters. The fraction of sp³-hybridized carbons (Fsp3) is 0. The maximum atomic E-state index is 12.2. The van der Waals surface area contributed by atoms with Crippen LogP contribution in [-0.2, 0) is 0 Å². The number of H-pyrrole nitrogens is 1. The Labute approximate surface area is 129 Å². The molecule has 3 rings (SSSR count). The minimum Gasteiger partial charge on any atom is -0.349 e. The van der Waals surface area contributed by atoms with Crippen LogP contribution in [0.25, 0.3) is 10.9 Å². The number of halogens is 2. The second-order valence-corrected chi connectivity index (χ2v) is 5.58. The second-order valence-electron chi connectivity index (χ2n) is 4.32. The number of benzene rings is 2. The summed E-state index contributed by atoms with van der Waals surface area (Å²) in [7, 11) is 0. The molecule has 1 amide bonds. The summed E-state index contributed by atoms with van der Waals surface area (Å²) in [6.45, 7) is 0. The highest BCUT2D eigenvalue weighted by atomic mass is 79.9. The molecular formula is C15H10BrClN2O. The van der Waals surface area contributed by atoms with Crippen molar-refractivity contribution in [2.45, 2.75) is 0 Å². The van der Waals surface area contributed by atoms with E-state index >= 15 is 0 Å². The smallest absolute Gasteiger partial charge is 0.272 e. The zero-order chi connectivity index (χ0) is 14.1. The van der Waals surface area contributed by atoms with Crippen LogP contribution in [0.5, 0.6) is 0 Å². The third-order valence-electron chi connectivity index (χ3n) is 2.97. The molecule has 0 aliphatic heterocycles. The Hall–Kier alpha value is -1.78. The van der Waals surface area contributed by atoms with Crippen LogP contribution < -0.4 is 5.32 Å². The molecule has 3 nitrogen and oxygen atoms in total. The normalized spacial score (nSPS) is 10.7. The number of carbonyl (C=O) groups is 1. The Morgan fingerprint density at radius 2 is 1.95 bits per heavy atom. The summed E-state index contributed by atoms with van der Waals surface area (Å²) in [5.74, 6) is -0.204. The van der Waals surface area contributed by atoms with Crippen molar-refractivity contribution in [3.63, 3.8) is 0 Å². The van der Waals surface area contributed by atoms with Crippen molar-refractivity contribution < 1.29 is 4.79 Å². The van der Waals surface area contributed by atoms with Crippen LogP contribution in [0.15, 0.2) is 53.0 Å². The van der Waals surface area contributed by atoms with Crippen molar-refractivity contribution >= 4 is 50.0 Å². The van der Waals surface area contributed by atoms with Crippen LogP contribution in [0.1, 0.15) is 10.5 Å². The molecule has 0 aliphatic rings. The number of nitrogens with one attached hydrogen (secondary N) is 2. The maximum Gasteiger partial charge on any atom is 0.272 e. The molecule has 2 N–H and O–H groups in total. The fourth-order valence-electron chi connectivity index (χ4n) is 1.99. The average Bonchev–Trinajstić information content (AvgIpc) is 2.87. The molecule has 0 aliphatic carbocycles. The van der Waals surface area contributed by atoms with Crippen molar-refractivity contribution in [1.82, 2.24) is 4.98 Å². The lowest BCUT2D eigenvalue weighted by molar-refractivity contribution is 0.102. The van der Waals surface area contributed by atoms with E-state index in [-0.39, 0.29) is 5.91 Å². The minimum atomic E-state index is -0.204. The van der Waals surface area contributed by atoms with E-state index in [9.17, 15) is 4.79 Å². The predicted molar refractivity (Wildman–Crippen MR) is 85.4 cm³/mol. The highest BCUT2D eigenvalue weighted by Gasteiger charge is 2.12. The lowest BCUT2D eigenvalue weighted by Crippen LogP contribution is -2.12. The molecule has 1 heterocycles. The third-order valence-corrected chi connectivity index (χ3v) is 3.98. The van der Waals surface area contributed by atoms with Crippen molar-refractivity contribution in [2.24, 2.45) is 0 Å². The number of para-hydroxylation sites is 2. The summed E-state index contributed by atoms with van der Waals surface area (Å²) < 4.78 is 0.836. The zero-order valence-corrected chi connectivity index (χ0v) is 12.6. The first-order valence-corrected chi connectivity index (χ1v) is 7.15. The topological polar surface area (TPSA) is 44.9 Å². The SMILES string of the molecule is O=C(Nc1ccccc1Br)c1cc2cccc(Cl)c2[nH]1. The molecule has 0 fully saturated rings. The Bertz CT molecular complexity index is 797. The molecule has 0 saturated carbocycles. The molecule has 1 aromatic heterocycles. The molecule has 0 saturated heterocycles. The quantitative estimate of drug-likeness (QED) is 0.683. The van der Waals surface area contributed by atoms with Gasteiger partial charge in [0.05, 0.1) is 16.2 Å². The molecule has 20 heavy (non-hydrogen) atoms. The number of fused-ring (bicyclic) bond motifs is 1. The Morgan fingerprint density at radius 3 is 2.70 bits per heavy atom. The van der Waals surface area contributed by atoms with Crippen molar-refractivity contribution in [1.29, 1.82) is 0 Å². The minimum absolute atomic E-state index is 0.204. The van der Waals surface area contributed by atoms with E-state index < -0.39 is 0 Å². The molecule has 0 unspecified atom stereocenters. The van der Waals surface area contributed by atoms with E-state index in [0.29, 0.717) is 10.7 Å². The highest BCUT2D eigenvalue weighted by molar-refractivity contribution is 9.10. The maximum absolute atomic E-state index is 12.2. The van der Waals surface area contributed by atoms with E-state index in [1.807, 2.05) is 36.4 Å².